The van der Waals surface area contributed by atoms with Crippen molar-refractivity contribution in [2.45, 2.75) is 25.3 Å². The predicted molar refractivity (Wildman–Crippen MR) is 112 cm³/mol. The number of carbonyl (C=O) groups is 1. The lowest BCUT2D eigenvalue weighted by atomic mass is 10.0. The van der Waals surface area contributed by atoms with E-state index >= 15 is 0 Å². The Morgan fingerprint density at radius 1 is 1.23 bits per heavy atom. The molecule has 6 nitrogen and oxygen atoms in total. The van der Waals surface area contributed by atoms with Crippen molar-refractivity contribution in [1.29, 1.82) is 0 Å². The van der Waals surface area contributed by atoms with Gasteiger partial charge in [-0.15, -0.1) is 0 Å². The van der Waals surface area contributed by atoms with Crippen molar-refractivity contribution in [2.75, 3.05) is 31.2 Å². The number of hydrogen-bond donors (Lipinski definition) is 1. The molecule has 2 aliphatic heterocycles. The molecule has 1 unspecified atom stereocenters. The fourth-order valence-electron chi connectivity index (χ4n) is 4.57. The summed E-state index contributed by atoms with van der Waals surface area (Å²) in [5.41, 5.74) is 2.40. The Morgan fingerprint density at radius 2 is 2.13 bits per heavy atom. The molecule has 0 bridgehead atoms. The maximum absolute atomic E-state index is 14.4. The van der Waals surface area contributed by atoms with Crippen LogP contribution in [0.2, 0.25) is 0 Å². The number of fused-ring (bicyclic) bond motifs is 1. The van der Waals surface area contributed by atoms with Crippen molar-refractivity contribution < 1.29 is 18.3 Å². The molecule has 1 amide bonds. The Morgan fingerprint density at radius 3 is 2.97 bits per heavy atom. The van der Waals surface area contributed by atoms with Gasteiger partial charge in [-0.05, 0) is 49.6 Å². The number of rotatable bonds is 5. The van der Waals surface area contributed by atoms with Gasteiger partial charge in [0.05, 0.1) is 29.9 Å². The number of carbonyl (C=O) groups excluding carboxylic acids is 1. The predicted octanol–water partition coefficient (Wildman–Crippen LogP) is 3.72. The van der Waals surface area contributed by atoms with Gasteiger partial charge in [-0.25, -0.2) is 13.3 Å². The van der Waals surface area contributed by atoms with Crippen LogP contribution in [-0.2, 0) is 4.74 Å². The zero-order chi connectivity index (χ0) is 21.4. The summed E-state index contributed by atoms with van der Waals surface area (Å²) >= 11 is 0. The van der Waals surface area contributed by atoms with Crippen molar-refractivity contribution in [3.05, 3.63) is 65.5 Å². The van der Waals surface area contributed by atoms with Crippen LogP contribution in [-0.4, -0.2) is 41.8 Å². The largest absolute Gasteiger partial charge is 0.381 e. The average molecular weight is 426 g/mol. The van der Waals surface area contributed by atoms with E-state index in [1.54, 1.807) is 16.9 Å². The first-order valence-electron chi connectivity index (χ1n) is 10.6. The molecule has 1 N–H and O–H groups in total. The lowest BCUT2D eigenvalue weighted by Crippen LogP contribution is -2.29. The lowest BCUT2D eigenvalue weighted by molar-refractivity contribution is 0.0946. The standard InChI is InChI=1S/C23H24F2N4O2/c24-16-3-4-20(25)18(10-16)21-2-1-7-28(21)17-5-8-29-22(11-17)19(13-27-29)23(30)26-12-15-6-9-31-14-15/h3-5,8,10-11,13,15,21H,1-2,6-7,9,12,14H2,(H,26,30)/t15?,21-/m1/s1. The molecule has 0 radical (unpaired) electrons. The summed E-state index contributed by atoms with van der Waals surface area (Å²) < 4.78 is 35.2. The second-order valence-electron chi connectivity index (χ2n) is 8.23. The molecule has 5 rings (SSSR count). The van der Waals surface area contributed by atoms with Gasteiger partial charge in [0.25, 0.3) is 5.91 Å². The van der Waals surface area contributed by atoms with Gasteiger partial charge in [-0.3, -0.25) is 4.79 Å². The van der Waals surface area contributed by atoms with Crippen molar-refractivity contribution in [3.63, 3.8) is 0 Å². The topological polar surface area (TPSA) is 58.9 Å². The molecule has 0 aliphatic carbocycles. The van der Waals surface area contributed by atoms with E-state index in [1.165, 1.54) is 12.1 Å². The molecule has 162 valence electrons. The van der Waals surface area contributed by atoms with Gasteiger partial charge in [0.15, 0.2) is 0 Å². The van der Waals surface area contributed by atoms with E-state index in [9.17, 15) is 13.6 Å². The third-order valence-corrected chi connectivity index (χ3v) is 6.23. The Hall–Kier alpha value is -3.00. The van der Waals surface area contributed by atoms with E-state index in [0.29, 0.717) is 35.7 Å². The van der Waals surface area contributed by atoms with E-state index in [-0.39, 0.29) is 11.9 Å². The fourth-order valence-corrected chi connectivity index (χ4v) is 4.57. The molecule has 2 atom stereocenters. The quantitative estimate of drug-likeness (QED) is 0.676. The van der Waals surface area contributed by atoms with Crippen LogP contribution in [0.1, 0.15) is 41.2 Å². The highest BCUT2D eigenvalue weighted by molar-refractivity contribution is 6.01. The molecular weight excluding hydrogens is 402 g/mol. The monoisotopic (exact) mass is 426 g/mol. The van der Waals surface area contributed by atoms with Crippen LogP contribution in [0.4, 0.5) is 14.5 Å². The van der Waals surface area contributed by atoms with E-state index in [1.807, 2.05) is 12.1 Å². The minimum atomic E-state index is -0.443. The lowest BCUT2D eigenvalue weighted by Gasteiger charge is -2.27. The van der Waals surface area contributed by atoms with Gasteiger partial charge in [-0.1, -0.05) is 0 Å². The Balaban J connectivity index is 1.41. The summed E-state index contributed by atoms with van der Waals surface area (Å²) in [6.07, 6.45) is 5.92. The number of anilines is 1. The van der Waals surface area contributed by atoms with E-state index in [4.69, 9.17) is 4.74 Å². The molecule has 0 spiro atoms. The minimum absolute atomic E-state index is 0.173. The van der Waals surface area contributed by atoms with Gasteiger partial charge >= 0.3 is 0 Å². The summed E-state index contributed by atoms with van der Waals surface area (Å²) in [5, 5.41) is 7.27. The van der Waals surface area contributed by atoms with Crippen molar-refractivity contribution >= 4 is 17.1 Å². The van der Waals surface area contributed by atoms with Crippen molar-refractivity contribution in [2.24, 2.45) is 5.92 Å². The highest BCUT2D eigenvalue weighted by Crippen LogP contribution is 2.38. The molecule has 8 heteroatoms. The van der Waals surface area contributed by atoms with Gasteiger partial charge in [0, 0.05) is 43.1 Å². The Kier molecular flexibility index (Phi) is 5.31. The summed E-state index contributed by atoms with van der Waals surface area (Å²) in [7, 11) is 0. The van der Waals surface area contributed by atoms with E-state index in [2.05, 4.69) is 15.3 Å². The molecule has 1 aromatic carbocycles. The van der Waals surface area contributed by atoms with Crippen LogP contribution in [0.3, 0.4) is 0 Å². The maximum Gasteiger partial charge on any atom is 0.255 e. The molecule has 2 aromatic heterocycles. The number of pyridine rings is 1. The summed E-state index contributed by atoms with van der Waals surface area (Å²) in [5.74, 6) is -0.679. The van der Waals surface area contributed by atoms with Gasteiger partial charge in [-0.2, -0.15) is 5.10 Å². The summed E-state index contributed by atoms with van der Waals surface area (Å²) in [6.45, 7) is 2.72. The Labute approximate surface area is 178 Å². The first-order valence-corrected chi connectivity index (χ1v) is 10.6. The summed E-state index contributed by atoms with van der Waals surface area (Å²) in [6, 6.07) is 7.14. The minimum Gasteiger partial charge on any atom is -0.381 e. The number of halogens is 2. The number of aromatic nitrogens is 2. The van der Waals surface area contributed by atoms with Crippen molar-refractivity contribution in [1.82, 2.24) is 14.9 Å². The van der Waals surface area contributed by atoms with Gasteiger partial charge in [0.1, 0.15) is 11.6 Å². The van der Waals surface area contributed by atoms with E-state index < -0.39 is 11.6 Å². The van der Waals surface area contributed by atoms with Crippen LogP contribution in [0.15, 0.2) is 42.7 Å². The second kappa shape index (κ2) is 8.26. The number of nitrogens with one attached hydrogen (secondary N) is 1. The van der Waals surface area contributed by atoms with Crippen LogP contribution >= 0.6 is 0 Å². The molecule has 3 aromatic rings. The van der Waals surface area contributed by atoms with Crippen LogP contribution in [0.5, 0.6) is 0 Å². The van der Waals surface area contributed by atoms with Crippen LogP contribution in [0, 0.1) is 17.6 Å². The first-order chi connectivity index (χ1) is 15.1. The molecule has 4 heterocycles. The number of benzene rings is 1. The third kappa shape index (κ3) is 3.87. The molecule has 2 fully saturated rings. The third-order valence-electron chi connectivity index (χ3n) is 6.23. The number of hydrogen-bond acceptors (Lipinski definition) is 4. The molecular formula is C23H24F2N4O2. The average Bonchev–Trinajstić information content (AvgIpc) is 3.53. The maximum atomic E-state index is 14.4. The molecule has 0 saturated carbocycles. The fraction of sp³-hybridized carbons (Fsp3) is 0.391. The number of nitrogens with zero attached hydrogens (tertiary/aromatic N) is 3. The molecule has 2 saturated heterocycles. The Bertz CT molecular complexity index is 1110. The number of amides is 1. The first kappa shape index (κ1) is 19.9. The van der Waals surface area contributed by atoms with Crippen LogP contribution < -0.4 is 10.2 Å². The smallest absolute Gasteiger partial charge is 0.255 e. The van der Waals surface area contributed by atoms with Crippen molar-refractivity contribution in [3.8, 4) is 0 Å². The number of ether oxygens (including phenoxy) is 1. The zero-order valence-electron chi connectivity index (χ0n) is 17.1. The summed E-state index contributed by atoms with van der Waals surface area (Å²) in [4.78, 5) is 14.8. The zero-order valence-corrected chi connectivity index (χ0v) is 17.1. The molecule has 31 heavy (non-hydrogen) atoms. The highest BCUT2D eigenvalue weighted by atomic mass is 19.1. The van der Waals surface area contributed by atoms with Gasteiger partial charge in [0.2, 0.25) is 0 Å². The highest BCUT2D eigenvalue weighted by Gasteiger charge is 2.29. The van der Waals surface area contributed by atoms with Crippen LogP contribution in [0.25, 0.3) is 5.52 Å². The SMILES string of the molecule is O=C(NCC1CCOC1)c1cnn2ccc(N3CCC[C@@H]3c3cc(F)ccc3F)cc12. The normalized spacial score (nSPS) is 21.2. The van der Waals surface area contributed by atoms with E-state index in [0.717, 1.165) is 44.2 Å². The molecule has 2 aliphatic rings. The second-order valence-corrected chi connectivity index (χ2v) is 8.23. The van der Waals surface area contributed by atoms with Gasteiger partial charge < -0.3 is 15.0 Å².